The molecule has 150 valence electrons. The number of hydrogen-bond acceptors (Lipinski definition) is 4. The number of piperazine rings is 1. The molecule has 7 heteroatoms. The van der Waals surface area contributed by atoms with Gasteiger partial charge in [-0.25, -0.2) is 9.07 Å². The fourth-order valence-corrected chi connectivity index (χ4v) is 3.60. The van der Waals surface area contributed by atoms with Gasteiger partial charge < -0.3 is 14.5 Å². The van der Waals surface area contributed by atoms with Gasteiger partial charge in [-0.1, -0.05) is 18.2 Å². The largest absolute Gasteiger partial charge is 0.497 e. The van der Waals surface area contributed by atoms with Crippen LogP contribution in [0.2, 0.25) is 0 Å². The van der Waals surface area contributed by atoms with E-state index < -0.39 is 0 Å². The molecule has 3 aromatic rings. The number of methoxy groups -OCH3 is 1. The minimum atomic E-state index is -0.236. The van der Waals surface area contributed by atoms with Crippen molar-refractivity contribution in [2.45, 2.75) is 6.92 Å². The third-order valence-corrected chi connectivity index (χ3v) is 5.16. The summed E-state index contributed by atoms with van der Waals surface area (Å²) in [5.74, 6) is 0.386. The molecule has 1 aliphatic rings. The quantitative estimate of drug-likeness (QED) is 0.681. The van der Waals surface area contributed by atoms with Crippen molar-refractivity contribution < 1.29 is 13.9 Å². The lowest BCUT2D eigenvalue weighted by Gasteiger charge is -2.35. The van der Waals surface area contributed by atoms with Crippen molar-refractivity contribution >= 4 is 11.6 Å². The van der Waals surface area contributed by atoms with Gasteiger partial charge >= 0.3 is 0 Å². The van der Waals surface area contributed by atoms with Gasteiger partial charge in [-0.15, -0.1) is 0 Å². The second-order valence-corrected chi connectivity index (χ2v) is 7.01. The van der Waals surface area contributed by atoms with Crippen LogP contribution in [0.4, 0.5) is 10.1 Å². The Kier molecular flexibility index (Phi) is 5.20. The van der Waals surface area contributed by atoms with E-state index in [2.05, 4.69) is 5.10 Å². The molecule has 1 aromatic heterocycles. The Bertz CT molecular complexity index is 1030. The standard InChI is InChI=1S/C22H23FN4O2/c1-16-14-20(24-27(16)17-6-5-7-18(15-17)29-2)22(28)26-12-10-25(11-13-26)21-9-4-3-8-19(21)23/h3-9,14-15H,10-13H2,1-2H3. The van der Waals surface area contributed by atoms with Gasteiger partial charge in [0.15, 0.2) is 5.69 Å². The number of nitrogens with zero attached hydrogens (tertiary/aromatic N) is 4. The maximum absolute atomic E-state index is 14.0. The van der Waals surface area contributed by atoms with Gasteiger partial charge in [0.25, 0.3) is 5.91 Å². The van der Waals surface area contributed by atoms with Gasteiger partial charge in [-0.05, 0) is 37.3 Å². The molecule has 29 heavy (non-hydrogen) atoms. The van der Waals surface area contributed by atoms with Crippen LogP contribution < -0.4 is 9.64 Å². The van der Waals surface area contributed by atoms with Crippen molar-refractivity contribution in [1.29, 1.82) is 0 Å². The molecule has 0 saturated carbocycles. The number of benzene rings is 2. The molecule has 4 rings (SSSR count). The Morgan fingerprint density at radius 3 is 2.52 bits per heavy atom. The number of rotatable bonds is 4. The highest BCUT2D eigenvalue weighted by Crippen LogP contribution is 2.22. The van der Waals surface area contributed by atoms with Crippen LogP contribution in [-0.2, 0) is 0 Å². The van der Waals surface area contributed by atoms with Crippen LogP contribution in [-0.4, -0.2) is 53.9 Å². The van der Waals surface area contributed by atoms with E-state index in [9.17, 15) is 9.18 Å². The lowest BCUT2D eigenvalue weighted by Crippen LogP contribution is -2.49. The predicted octanol–water partition coefficient (Wildman–Crippen LogP) is 3.29. The zero-order chi connectivity index (χ0) is 20.4. The average Bonchev–Trinajstić information content (AvgIpc) is 3.15. The molecule has 0 bridgehead atoms. The SMILES string of the molecule is COc1cccc(-n2nc(C(=O)N3CCN(c4ccccc4F)CC3)cc2C)c1. The fourth-order valence-electron chi connectivity index (χ4n) is 3.60. The van der Waals surface area contributed by atoms with Crippen molar-refractivity contribution in [3.05, 3.63) is 71.8 Å². The summed E-state index contributed by atoms with van der Waals surface area (Å²) in [4.78, 5) is 16.7. The minimum Gasteiger partial charge on any atom is -0.497 e. The van der Waals surface area contributed by atoms with Crippen molar-refractivity contribution in [1.82, 2.24) is 14.7 Å². The lowest BCUT2D eigenvalue weighted by molar-refractivity contribution is 0.0740. The van der Waals surface area contributed by atoms with Gasteiger partial charge in [0.05, 0.1) is 18.5 Å². The number of halogens is 1. The molecule has 0 N–H and O–H groups in total. The number of anilines is 1. The van der Waals surface area contributed by atoms with E-state index in [0.29, 0.717) is 37.6 Å². The Hall–Kier alpha value is -3.35. The van der Waals surface area contributed by atoms with Crippen LogP contribution in [0, 0.1) is 12.7 Å². The Labute approximate surface area is 169 Å². The summed E-state index contributed by atoms with van der Waals surface area (Å²) in [6, 6.07) is 16.1. The highest BCUT2D eigenvalue weighted by atomic mass is 19.1. The molecular weight excluding hydrogens is 371 g/mol. The Morgan fingerprint density at radius 2 is 1.79 bits per heavy atom. The first-order chi connectivity index (χ1) is 14.1. The zero-order valence-corrected chi connectivity index (χ0v) is 16.5. The smallest absolute Gasteiger partial charge is 0.274 e. The van der Waals surface area contributed by atoms with E-state index in [1.807, 2.05) is 42.2 Å². The summed E-state index contributed by atoms with van der Waals surface area (Å²) in [7, 11) is 1.62. The number of amides is 1. The zero-order valence-electron chi connectivity index (χ0n) is 16.5. The van der Waals surface area contributed by atoms with Crippen LogP contribution in [0.3, 0.4) is 0 Å². The van der Waals surface area contributed by atoms with Crippen LogP contribution in [0.5, 0.6) is 5.75 Å². The van der Waals surface area contributed by atoms with Gasteiger partial charge in [0, 0.05) is 37.9 Å². The van der Waals surface area contributed by atoms with E-state index in [4.69, 9.17) is 4.74 Å². The van der Waals surface area contributed by atoms with Gasteiger partial charge in [-0.2, -0.15) is 5.10 Å². The summed E-state index contributed by atoms with van der Waals surface area (Å²) in [6.07, 6.45) is 0. The maximum Gasteiger partial charge on any atom is 0.274 e. The molecule has 0 atom stereocenters. The maximum atomic E-state index is 14.0. The van der Waals surface area contributed by atoms with Crippen LogP contribution in [0.15, 0.2) is 54.6 Å². The number of hydrogen-bond donors (Lipinski definition) is 0. The van der Waals surface area contributed by atoms with Crippen LogP contribution in [0.1, 0.15) is 16.2 Å². The normalized spacial score (nSPS) is 14.2. The second-order valence-electron chi connectivity index (χ2n) is 7.01. The highest BCUT2D eigenvalue weighted by Gasteiger charge is 2.25. The molecular formula is C22H23FN4O2. The summed E-state index contributed by atoms with van der Waals surface area (Å²) in [5.41, 5.74) is 2.69. The molecule has 2 heterocycles. The van der Waals surface area contributed by atoms with Crippen molar-refractivity contribution in [3.8, 4) is 11.4 Å². The summed E-state index contributed by atoms with van der Waals surface area (Å²) in [5, 5.41) is 4.52. The van der Waals surface area contributed by atoms with Gasteiger partial charge in [-0.3, -0.25) is 4.79 Å². The van der Waals surface area contributed by atoms with E-state index >= 15 is 0 Å². The molecule has 0 spiro atoms. The first-order valence-electron chi connectivity index (χ1n) is 9.56. The molecule has 2 aromatic carbocycles. The number of aromatic nitrogens is 2. The molecule has 0 unspecified atom stereocenters. The number of carbonyl (C=O) groups is 1. The number of ether oxygens (including phenoxy) is 1. The second kappa shape index (κ2) is 7.95. The first kappa shape index (κ1) is 19.0. The third kappa shape index (κ3) is 3.81. The molecule has 6 nitrogen and oxygen atoms in total. The topological polar surface area (TPSA) is 50.6 Å². The number of carbonyl (C=O) groups excluding carboxylic acids is 1. The number of aryl methyl sites for hydroxylation is 1. The van der Waals surface area contributed by atoms with E-state index in [1.165, 1.54) is 6.07 Å². The molecule has 0 aliphatic carbocycles. The van der Waals surface area contributed by atoms with Crippen molar-refractivity contribution in [2.75, 3.05) is 38.2 Å². The predicted molar refractivity (Wildman–Crippen MR) is 109 cm³/mol. The minimum absolute atomic E-state index is 0.108. The molecule has 1 fully saturated rings. The van der Waals surface area contributed by atoms with Crippen molar-refractivity contribution in [2.24, 2.45) is 0 Å². The molecule has 1 amide bonds. The molecule has 1 saturated heterocycles. The first-order valence-corrected chi connectivity index (χ1v) is 9.56. The molecule has 1 aliphatic heterocycles. The summed E-state index contributed by atoms with van der Waals surface area (Å²) < 4.78 is 21.0. The van der Waals surface area contributed by atoms with Gasteiger partial charge in [0.2, 0.25) is 0 Å². The molecule has 0 radical (unpaired) electrons. The Morgan fingerprint density at radius 1 is 1.03 bits per heavy atom. The van der Waals surface area contributed by atoms with E-state index in [-0.39, 0.29) is 11.7 Å². The van der Waals surface area contributed by atoms with Crippen LogP contribution >= 0.6 is 0 Å². The van der Waals surface area contributed by atoms with Gasteiger partial charge in [0.1, 0.15) is 11.6 Å². The number of para-hydroxylation sites is 1. The average molecular weight is 394 g/mol. The Balaban J connectivity index is 1.48. The van der Waals surface area contributed by atoms with E-state index in [0.717, 1.165) is 17.1 Å². The summed E-state index contributed by atoms with van der Waals surface area (Å²) in [6.45, 7) is 4.14. The summed E-state index contributed by atoms with van der Waals surface area (Å²) >= 11 is 0. The van der Waals surface area contributed by atoms with Crippen LogP contribution in [0.25, 0.3) is 5.69 Å². The van der Waals surface area contributed by atoms with Crippen molar-refractivity contribution in [3.63, 3.8) is 0 Å². The monoisotopic (exact) mass is 394 g/mol. The van der Waals surface area contributed by atoms with E-state index in [1.54, 1.807) is 34.9 Å². The lowest BCUT2D eigenvalue weighted by atomic mass is 10.2. The highest BCUT2D eigenvalue weighted by molar-refractivity contribution is 5.92. The fraction of sp³-hybridized carbons (Fsp3) is 0.273. The third-order valence-electron chi connectivity index (χ3n) is 5.16.